The van der Waals surface area contributed by atoms with Crippen molar-refractivity contribution in [2.45, 2.75) is 51.6 Å². The van der Waals surface area contributed by atoms with E-state index >= 15 is 0 Å². The maximum atomic E-state index is 12.3. The lowest BCUT2D eigenvalue weighted by atomic mass is 10.1. The molecule has 1 saturated heterocycles. The summed E-state index contributed by atoms with van der Waals surface area (Å²) >= 11 is 0. The molecule has 24 heavy (non-hydrogen) atoms. The Labute approximate surface area is 140 Å². The van der Waals surface area contributed by atoms with E-state index in [0.717, 1.165) is 17.7 Å². The number of ether oxygens (including phenoxy) is 1. The number of benzene rings is 1. The Morgan fingerprint density at radius 3 is 2.83 bits per heavy atom. The van der Waals surface area contributed by atoms with Crippen LogP contribution in [0.15, 0.2) is 24.3 Å². The van der Waals surface area contributed by atoms with Crippen molar-refractivity contribution in [2.75, 3.05) is 13.1 Å². The van der Waals surface area contributed by atoms with E-state index in [1.807, 2.05) is 48.3 Å². The predicted molar refractivity (Wildman–Crippen MR) is 84.7 cm³/mol. The monoisotopic (exact) mass is 344 g/mol. The largest absolute Gasteiger partial charge is 0.491 e. The first kappa shape index (κ1) is 18.6. The third-order valence-electron chi connectivity index (χ3n) is 3.79. The van der Waals surface area contributed by atoms with Gasteiger partial charge in [-0.05, 0) is 50.9 Å². The maximum absolute atomic E-state index is 12.3. The number of alkyl halides is 3. The average molecular weight is 344 g/mol. The molecular formula is C17H23F3N2O2. The van der Waals surface area contributed by atoms with Crippen molar-refractivity contribution in [3.05, 3.63) is 29.8 Å². The Hall–Kier alpha value is -1.76. The lowest BCUT2D eigenvalue weighted by Crippen LogP contribution is -2.45. The van der Waals surface area contributed by atoms with E-state index in [9.17, 15) is 18.0 Å². The molecule has 0 saturated carbocycles. The minimum Gasteiger partial charge on any atom is -0.491 e. The van der Waals surface area contributed by atoms with Crippen LogP contribution < -0.4 is 10.1 Å². The van der Waals surface area contributed by atoms with Gasteiger partial charge in [-0.1, -0.05) is 12.1 Å². The first-order valence-corrected chi connectivity index (χ1v) is 8.09. The zero-order valence-electron chi connectivity index (χ0n) is 13.9. The van der Waals surface area contributed by atoms with Crippen LogP contribution in [-0.4, -0.2) is 42.2 Å². The Kier molecular flexibility index (Phi) is 6.10. The van der Waals surface area contributed by atoms with Gasteiger partial charge in [0.05, 0.1) is 12.1 Å². The number of hydrogen-bond donors (Lipinski definition) is 1. The molecule has 1 aliphatic rings. The molecule has 1 heterocycles. The van der Waals surface area contributed by atoms with Gasteiger partial charge in [0.25, 0.3) is 0 Å². The molecule has 0 aliphatic carbocycles. The van der Waals surface area contributed by atoms with Crippen LogP contribution in [0.2, 0.25) is 0 Å². The predicted octanol–water partition coefficient (Wildman–Crippen LogP) is 3.12. The Morgan fingerprint density at radius 1 is 1.42 bits per heavy atom. The summed E-state index contributed by atoms with van der Waals surface area (Å²) in [5.41, 5.74) is 0.976. The number of nitrogens with zero attached hydrogens (tertiary/aromatic N) is 1. The number of rotatable bonds is 6. The van der Waals surface area contributed by atoms with Crippen molar-refractivity contribution in [1.29, 1.82) is 0 Å². The first-order chi connectivity index (χ1) is 11.2. The normalized spacial score (nSPS) is 18.8. The number of nitrogens with one attached hydrogen (secondary N) is 1. The van der Waals surface area contributed by atoms with Crippen LogP contribution in [0, 0.1) is 0 Å². The second-order valence-electron chi connectivity index (χ2n) is 6.28. The lowest BCUT2D eigenvalue weighted by molar-refractivity contribution is -0.141. The fourth-order valence-corrected chi connectivity index (χ4v) is 2.84. The van der Waals surface area contributed by atoms with Gasteiger partial charge in [0.2, 0.25) is 5.91 Å². The quantitative estimate of drug-likeness (QED) is 0.862. The van der Waals surface area contributed by atoms with Crippen LogP contribution in [0.25, 0.3) is 0 Å². The van der Waals surface area contributed by atoms with Crippen molar-refractivity contribution in [3.8, 4) is 5.75 Å². The van der Waals surface area contributed by atoms with Crippen LogP contribution in [0.1, 0.15) is 32.3 Å². The second kappa shape index (κ2) is 7.88. The summed E-state index contributed by atoms with van der Waals surface area (Å²) < 4.78 is 42.4. The average Bonchev–Trinajstić information content (AvgIpc) is 2.92. The van der Waals surface area contributed by atoms with E-state index in [-0.39, 0.29) is 6.10 Å². The molecule has 0 radical (unpaired) electrons. The summed E-state index contributed by atoms with van der Waals surface area (Å²) in [6.07, 6.45) is -2.95. The van der Waals surface area contributed by atoms with E-state index < -0.39 is 24.7 Å². The molecule has 134 valence electrons. The minimum absolute atomic E-state index is 0.0629. The van der Waals surface area contributed by atoms with Gasteiger partial charge < -0.3 is 10.1 Å². The second-order valence-corrected chi connectivity index (χ2v) is 6.28. The lowest BCUT2D eigenvalue weighted by Gasteiger charge is -2.24. The molecule has 7 heteroatoms. The number of carbonyl (C=O) groups is 1. The number of amides is 1. The fraction of sp³-hybridized carbons (Fsp3) is 0.588. The summed E-state index contributed by atoms with van der Waals surface area (Å²) in [5.74, 6) is 0.194. The van der Waals surface area contributed by atoms with Gasteiger partial charge in [0.15, 0.2) is 0 Å². The zero-order chi connectivity index (χ0) is 17.7. The molecule has 1 fully saturated rings. The van der Waals surface area contributed by atoms with E-state index in [1.54, 1.807) is 0 Å². The Balaban J connectivity index is 1.97. The van der Waals surface area contributed by atoms with E-state index in [1.165, 1.54) is 0 Å². The summed E-state index contributed by atoms with van der Waals surface area (Å²) in [7, 11) is 0. The molecule has 2 rings (SSSR count). The Bertz CT molecular complexity index is 561. The van der Waals surface area contributed by atoms with E-state index in [4.69, 9.17) is 4.74 Å². The van der Waals surface area contributed by atoms with Gasteiger partial charge in [0, 0.05) is 6.54 Å². The van der Waals surface area contributed by atoms with Gasteiger partial charge in [-0.15, -0.1) is 0 Å². The highest BCUT2D eigenvalue weighted by molar-refractivity contribution is 5.82. The van der Waals surface area contributed by atoms with E-state index in [2.05, 4.69) is 0 Å². The standard InChI is InChI=1S/C17H23F3N2O2/c1-12(2)24-14-6-3-5-13(9-14)10-22-8-4-7-15(22)16(23)21-11-17(18,19)20/h3,5-6,9,12,15H,4,7-8,10-11H2,1-2H3,(H,21,23)/t15-/m0/s1. The van der Waals surface area contributed by atoms with Gasteiger partial charge in [-0.3, -0.25) is 9.69 Å². The number of halogens is 3. The van der Waals surface area contributed by atoms with Gasteiger partial charge >= 0.3 is 6.18 Å². The zero-order valence-corrected chi connectivity index (χ0v) is 13.9. The minimum atomic E-state index is -4.39. The van der Waals surface area contributed by atoms with Crippen LogP contribution in [0.3, 0.4) is 0 Å². The van der Waals surface area contributed by atoms with Gasteiger partial charge in [0.1, 0.15) is 12.3 Å². The van der Waals surface area contributed by atoms with Crippen molar-refractivity contribution in [1.82, 2.24) is 10.2 Å². The molecule has 1 atom stereocenters. The third-order valence-corrected chi connectivity index (χ3v) is 3.79. The van der Waals surface area contributed by atoms with Crippen LogP contribution in [0.4, 0.5) is 13.2 Å². The van der Waals surface area contributed by atoms with Crippen LogP contribution >= 0.6 is 0 Å². The first-order valence-electron chi connectivity index (χ1n) is 8.09. The Morgan fingerprint density at radius 2 is 2.17 bits per heavy atom. The van der Waals surface area contributed by atoms with Crippen molar-refractivity contribution >= 4 is 5.91 Å². The topological polar surface area (TPSA) is 41.6 Å². The van der Waals surface area contributed by atoms with Crippen molar-refractivity contribution < 1.29 is 22.7 Å². The maximum Gasteiger partial charge on any atom is 0.405 e. The van der Waals surface area contributed by atoms with Crippen LogP contribution in [0.5, 0.6) is 5.75 Å². The molecule has 1 aromatic carbocycles. The molecule has 1 amide bonds. The number of likely N-dealkylation sites (tertiary alicyclic amines) is 1. The SMILES string of the molecule is CC(C)Oc1cccc(CN2CCC[C@H]2C(=O)NCC(F)(F)F)c1. The highest BCUT2D eigenvalue weighted by Gasteiger charge is 2.34. The molecule has 4 nitrogen and oxygen atoms in total. The summed E-state index contributed by atoms with van der Waals surface area (Å²) in [6, 6.07) is 7.06. The molecule has 0 bridgehead atoms. The molecular weight excluding hydrogens is 321 g/mol. The molecule has 1 N–H and O–H groups in total. The number of carbonyl (C=O) groups excluding carboxylic acids is 1. The summed E-state index contributed by atoms with van der Waals surface area (Å²) in [4.78, 5) is 13.9. The van der Waals surface area contributed by atoms with Crippen molar-refractivity contribution in [2.24, 2.45) is 0 Å². The summed E-state index contributed by atoms with van der Waals surface area (Å²) in [6.45, 7) is 3.80. The molecule has 1 aromatic rings. The van der Waals surface area contributed by atoms with Gasteiger partial charge in [-0.25, -0.2) is 0 Å². The summed E-state index contributed by atoms with van der Waals surface area (Å²) in [5, 5.41) is 1.99. The molecule has 0 aromatic heterocycles. The molecule has 0 spiro atoms. The van der Waals surface area contributed by atoms with Crippen LogP contribution in [-0.2, 0) is 11.3 Å². The molecule has 0 unspecified atom stereocenters. The number of hydrogen-bond acceptors (Lipinski definition) is 3. The fourth-order valence-electron chi connectivity index (χ4n) is 2.84. The van der Waals surface area contributed by atoms with E-state index in [0.29, 0.717) is 19.5 Å². The highest BCUT2D eigenvalue weighted by atomic mass is 19.4. The van der Waals surface area contributed by atoms with Crippen molar-refractivity contribution in [3.63, 3.8) is 0 Å². The van der Waals surface area contributed by atoms with Gasteiger partial charge in [-0.2, -0.15) is 13.2 Å². The highest BCUT2D eigenvalue weighted by Crippen LogP contribution is 2.23. The smallest absolute Gasteiger partial charge is 0.405 e. The molecule has 1 aliphatic heterocycles. The third kappa shape index (κ3) is 5.70.